The van der Waals surface area contributed by atoms with Gasteiger partial charge in [-0.05, 0) is 60.5 Å². The first-order valence-corrected chi connectivity index (χ1v) is 9.57. The number of thiophene rings is 1. The van der Waals surface area contributed by atoms with Crippen molar-refractivity contribution in [2.24, 2.45) is 5.92 Å². The van der Waals surface area contributed by atoms with Gasteiger partial charge >= 0.3 is 0 Å². The third-order valence-corrected chi connectivity index (χ3v) is 5.37. The zero-order valence-corrected chi connectivity index (χ0v) is 13.9. The highest BCUT2D eigenvalue weighted by Gasteiger charge is 2.17. The molecular formula is C18H31NS. The molecule has 0 spiro atoms. The predicted octanol–water partition coefficient (Wildman–Crippen LogP) is 5.41. The Balaban J connectivity index is 1.78. The van der Waals surface area contributed by atoms with Gasteiger partial charge in [0.1, 0.15) is 0 Å². The summed E-state index contributed by atoms with van der Waals surface area (Å²) in [6, 6.07) is 3.02. The molecule has 2 heteroatoms. The van der Waals surface area contributed by atoms with Crippen LogP contribution in [-0.2, 0) is 6.42 Å². The molecule has 114 valence electrons. The molecule has 0 bridgehead atoms. The number of rotatable bonds is 8. The highest BCUT2D eigenvalue weighted by atomic mass is 32.1. The van der Waals surface area contributed by atoms with Crippen LogP contribution in [0.4, 0.5) is 0 Å². The molecule has 1 heterocycles. The monoisotopic (exact) mass is 293 g/mol. The topological polar surface area (TPSA) is 12.0 Å². The second-order valence-electron chi connectivity index (χ2n) is 6.41. The van der Waals surface area contributed by atoms with E-state index in [1.54, 1.807) is 0 Å². The van der Waals surface area contributed by atoms with Crippen molar-refractivity contribution in [1.82, 2.24) is 5.32 Å². The molecule has 0 saturated heterocycles. The molecule has 20 heavy (non-hydrogen) atoms. The first-order chi connectivity index (χ1) is 9.88. The minimum atomic E-state index is 0.734. The van der Waals surface area contributed by atoms with Crippen LogP contribution in [0.15, 0.2) is 16.8 Å². The summed E-state index contributed by atoms with van der Waals surface area (Å²) in [7, 11) is 0. The van der Waals surface area contributed by atoms with Crippen molar-refractivity contribution in [3.63, 3.8) is 0 Å². The van der Waals surface area contributed by atoms with Crippen molar-refractivity contribution in [2.75, 3.05) is 6.54 Å². The van der Waals surface area contributed by atoms with Crippen molar-refractivity contribution in [2.45, 2.75) is 77.2 Å². The molecule has 0 amide bonds. The van der Waals surface area contributed by atoms with Crippen molar-refractivity contribution >= 4 is 11.3 Å². The molecular weight excluding hydrogens is 262 g/mol. The van der Waals surface area contributed by atoms with Crippen LogP contribution in [-0.4, -0.2) is 12.6 Å². The van der Waals surface area contributed by atoms with Gasteiger partial charge in [-0.3, -0.25) is 0 Å². The third kappa shape index (κ3) is 5.97. The van der Waals surface area contributed by atoms with Crippen molar-refractivity contribution in [3.8, 4) is 0 Å². The Morgan fingerprint density at radius 1 is 1.25 bits per heavy atom. The van der Waals surface area contributed by atoms with E-state index in [1.165, 1.54) is 76.3 Å². The maximum Gasteiger partial charge on any atom is 0.00728 e. The lowest BCUT2D eigenvalue weighted by molar-refractivity contribution is 0.339. The van der Waals surface area contributed by atoms with Gasteiger partial charge < -0.3 is 5.32 Å². The van der Waals surface area contributed by atoms with Crippen LogP contribution in [0.25, 0.3) is 0 Å². The number of hydrogen-bond donors (Lipinski definition) is 1. The minimum Gasteiger partial charge on any atom is -0.314 e. The molecule has 1 aliphatic carbocycles. The van der Waals surface area contributed by atoms with Gasteiger partial charge in [0.25, 0.3) is 0 Å². The van der Waals surface area contributed by atoms with E-state index in [9.17, 15) is 0 Å². The zero-order valence-electron chi connectivity index (χ0n) is 13.1. The van der Waals surface area contributed by atoms with E-state index >= 15 is 0 Å². The second kappa shape index (κ2) is 9.57. The molecule has 1 saturated carbocycles. The lowest BCUT2D eigenvalue weighted by Crippen LogP contribution is -2.32. The van der Waals surface area contributed by atoms with E-state index in [-0.39, 0.29) is 0 Å². The second-order valence-corrected chi connectivity index (χ2v) is 7.19. The van der Waals surface area contributed by atoms with Gasteiger partial charge in [0, 0.05) is 6.04 Å². The van der Waals surface area contributed by atoms with Gasteiger partial charge in [0.2, 0.25) is 0 Å². The Morgan fingerprint density at radius 2 is 2.05 bits per heavy atom. The van der Waals surface area contributed by atoms with Crippen LogP contribution >= 0.6 is 11.3 Å². The molecule has 1 aromatic heterocycles. The summed E-state index contributed by atoms with van der Waals surface area (Å²) in [5, 5.41) is 8.31. The smallest absolute Gasteiger partial charge is 0.00728 e. The maximum atomic E-state index is 3.80. The van der Waals surface area contributed by atoms with E-state index in [2.05, 4.69) is 29.1 Å². The largest absolute Gasteiger partial charge is 0.314 e. The van der Waals surface area contributed by atoms with Crippen molar-refractivity contribution in [3.05, 3.63) is 22.4 Å². The van der Waals surface area contributed by atoms with Gasteiger partial charge in [-0.15, -0.1) is 0 Å². The molecule has 1 nitrogen and oxygen atoms in total. The van der Waals surface area contributed by atoms with Gasteiger partial charge in [-0.25, -0.2) is 0 Å². The van der Waals surface area contributed by atoms with E-state index in [1.807, 2.05) is 11.3 Å². The van der Waals surface area contributed by atoms with Crippen LogP contribution in [0.3, 0.4) is 0 Å². The summed E-state index contributed by atoms with van der Waals surface area (Å²) < 4.78 is 0. The van der Waals surface area contributed by atoms with Crippen molar-refractivity contribution < 1.29 is 0 Å². The highest BCUT2D eigenvalue weighted by molar-refractivity contribution is 7.07. The first kappa shape index (κ1) is 16.0. The standard InChI is InChI=1S/C18H31NS/c1-2-12-19-18(10-9-17-11-13-20-15-17)14-16-7-5-3-4-6-8-16/h11,13,15-16,18-19H,2-10,12,14H2,1H3. The molecule has 1 atom stereocenters. The third-order valence-electron chi connectivity index (χ3n) is 4.64. The van der Waals surface area contributed by atoms with E-state index < -0.39 is 0 Å². The summed E-state index contributed by atoms with van der Waals surface area (Å²) in [5.41, 5.74) is 1.53. The molecule has 0 radical (unpaired) electrons. The average Bonchev–Trinajstić information content (AvgIpc) is 2.85. The number of hydrogen-bond acceptors (Lipinski definition) is 2. The fourth-order valence-corrected chi connectivity index (χ4v) is 4.13. The van der Waals surface area contributed by atoms with E-state index in [4.69, 9.17) is 0 Å². The summed E-state index contributed by atoms with van der Waals surface area (Å²) in [6.07, 6.45) is 14.0. The average molecular weight is 294 g/mol. The fraction of sp³-hybridized carbons (Fsp3) is 0.778. The van der Waals surface area contributed by atoms with Crippen LogP contribution in [0, 0.1) is 5.92 Å². The fourth-order valence-electron chi connectivity index (χ4n) is 3.43. The maximum absolute atomic E-state index is 3.80. The van der Waals surface area contributed by atoms with Gasteiger partial charge in [0.15, 0.2) is 0 Å². The van der Waals surface area contributed by atoms with Crippen LogP contribution in [0.1, 0.15) is 70.3 Å². The molecule has 1 N–H and O–H groups in total. The Bertz CT molecular complexity index is 325. The SMILES string of the molecule is CCCNC(CCc1ccsc1)CC1CCCCCC1. The Hall–Kier alpha value is -0.340. The lowest BCUT2D eigenvalue weighted by Gasteiger charge is -2.23. The number of nitrogens with one attached hydrogen (secondary N) is 1. The van der Waals surface area contributed by atoms with Crippen molar-refractivity contribution in [1.29, 1.82) is 0 Å². The van der Waals surface area contributed by atoms with Crippen LogP contribution in [0.2, 0.25) is 0 Å². The Labute approximate surface area is 129 Å². The molecule has 0 aromatic carbocycles. The zero-order chi connectivity index (χ0) is 14.0. The lowest BCUT2D eigenvalue weighted by atomic mass is 9.90. The summed E-state index contributed by atoms with van der Waals surface area (Å²) in [5.74, 6) is 0.981. The molecule has 1 fully saturated rings. The van der Waals surface area contributed by atoms with Crippen LogP contribution in [0.5, 0.6) is 0 Å². The summed E-state index contributed by atoms with van der Waals surface area (Å²) in [4.78, 5) is 0. The van der Waals surface area contributed by atoms with Crippen LogP contribution < -0.4 is 5.32 Å². The summed E-state index contributed by atoms with van der Waals surface area (Å²) >= 11 is 1.83. The molecule has 0 aliphatic heterocycles. The first-order valence-electron chi connectivity index (χ1n) is 8.63. The van der Waals surface area contributed by atoms with Gasteiger partial charge in [0.05, 0.1) is 0 Å². The Kier molecular flexibility index (Phi) is 7.67. The highest BCUT2D eigenvalue weighted by Crippen LogP contribution is 2.27. The molecule has 2 rings (SSSR count). The Morgan fingerprint density at radius 3 is 2.70 bits per heavy atom. The minimum absolute atomic E-state index is 0.734. The molecule has 1 aliphatic rings. The quantitative estimate of drug-likeness (QED) is 0.632. The predicted molar refractivity (Wildman–Crippen MR) is 90.5 cm³/mol. The van der Waals surface area contributed by atoms with E-state index in [0.29, 0.717) is 0 Å². The summed E-state index contributed by atoms with van der Waals surface area (Å²) in [6.45, 7) is 3.45. The van der Waals surface area contributed by atoms with Gasteiger partial charge in [-0.1, -0.05) is 45.4 Å². The molecule has 1 unspecified atom stereocenters. The normalized spacial score (nSPS) is 18.9. The molecule has 1 aromatic rings. The van der Waals surface area contributed by atoms with E-state index in [0.717, 1.165) is 12.0 Å². The van der Waals surface area contributed by atoms with Gasteiger partial charge in [-0.2, -0.15) is 11.3 Å². The number of aryl methyl sites for hydroxylation is 1.